The SMILES string of the molecule is O=C1OCCCN1/N=C\c1ccc([N+](=O)[O-])o1. The molecule has 1 saturated heterocycles. The van der Waals surface area contributed by atoms with Crippen molar-refractivity contribution < 1.29 is 18.9 Å². The molecule has 2 heterocycles. The van der Waals surface area contributed by atoms with Crippen LogP contribution in [0.3, 0.4) is 0 Å². The van der Waals surface area contributed by atoms with E-state index >= 15 is 0 Å². The molecule has 1 fully saturated rings. The van der Waals surface area contributed by atoms with Gasteiger partial charge in [0.25, 0.3) is 0 Å². The number of furan rings is 1. The summed E-state index contributed by atoms with van der Waals surface area (Å²) in [6, 6.07) is 2.62. The fourth-order valence-electron chi connectivity index (χ4n) is 1.28. The van der Waals surface area contributed by atoms with E-state index in [2.05, 4.69) is 5.10 Å². The Morgan fingerprint density at radius 1 is 1.53 bits per heavy atom. The minimum Gasteiger partial charge on any atom is -0.448 e. The van der Waals surface area contributed by atoms with Gasteiger partial charge in [-0.1, -0.05) is 0 Å². The summed E-state index contributed by atoms with van der Waals surface area (Å²) in [5, 5.41) is 15.3. The Kier molecular flexibility index (Phi) is 3.03. The number of carbonyl (C=O) groups is 1. The summed E-state index contributed by atoms with van der Waals surface area (Å²) in [6.45, 7) is 0.842. The Hall–Kier alpha value is -2.38. The highest BCUT2D eigenvalue weighted by atomic mass is 16.6. The van der Waals surface area contributed by atoms with Crippen molar-refractivity contribution in [3.05, 3.63) is 28.0 Å². The lowest BCUT2D eigenvalue weighted by atomic mass is 10.4. The van der Waals surface area contributed by atoms with E-state index in [9.17, 15) is 14.9 Å². The van der Waals surface area contributed by atoms with E-state index in [4.69, 9.17) is 9.15 Å². The van der Waals surface area contributed by atoms with Gasteiger partial charge in [0.05, 0.1) is 25.4 Å². The number of carbonyl (C=O) groups excluding carboxylic acids is 1. The van der Waals surface area contributed by atoms with E-state index in [1.165, 1.54) is 18.3 Å². The fourth-order valence-corrected chi connectivity index (χ4v) is 1.28. The third kappa shape index (κ3) is 2.60. The summed E-state index contributed by atoms with van der Waals surface area (Å²) in [4.78, 5) is 20.9. The van der Waals surface area contributed by atoms with E-state index in [1.54, 1.807) is 0 Å². The van der Waals surface area contributed by atoms with Crippen molar-refractivity contribution in [2.45, 2.75) is 6.42 Å². The van der Waals surface area contributed by atoms with E-state index in [0.29, 0.717) is 19.6 Å². The molecule has 2 rings (SSSR count). The first-order chi connectivity index (χ1) is 8.16. The van der Waals surface area contributed by atoms with Crippen molar-refractivity contribution >= 4 is 18.2 Å². The molecule has 8 heteroatoms. The molecule has 1 aromatic rings. The van der Waals surface area contributed by atoms with Crippen molar-refractivity contribution in [2.24, 2.45) is 5.10 Å². The molecule has 1 aliphatic rings. The lowest BCUT2D eigenvalue weighted by molar-refractivity contribution is -0.402. The van der Waals surface area contributed by atoms with Crippen LogP contribution < -0.4 is 0 Å². The maximum Gasteiger partial charge on any atom is 0.433 e. The van der Waals surface area contributed by atoms with Gasteiger partial charge in [-0.2, -0.15) is 10.1 Å². The summed E-state index contributed by atoms with van der Waals surface area (Å²) in [5.41, 5.74) is 0. The molecule has 0 unspecified atom stereocenters. The predicted molar refractivity (Wildman–Crippen MR) is 55.6 cm³/mol. The number of ether oxygens (including phenoxy) is 1. The number of rotatable bonds is 3. The van der Waals surface area contributed by atoms with Gasteiger partial charge in [0, 0.05) is 6.42 Å². The molecule has 90 valence electrons. The van der Waals surface area contributed by atoms with Gasteiger partial charge in [-0.25, -0.2) is 4.79 Å². The highest BCUT2D eigenvalue weighted by Gasteiger charge is 2.18. The van der Waals surface area contributed by atoms with E-state index in [0.717, 1.165) is 5.01 Å². The molecule has 1 amide bonds. The molecule has 0 N–H and O–H groups in total. The quantitative estimate of drug-likeness (QED) is 0.450. The van der Waals surface area contributed by atoms with Gasteiger partial charge < -0.3 is 9.15 Å². The molecule has 0 bridgehead atoms. The summed E-state index contributed by atoms with van der Waals surface area (Å²) in [7, 11) is 0. The first-order valence-electron chi connectivity index (χ1n) is 4.89. The smallest absolute Gasteiger partial charge is 0.433 e. The predicted octanol–water partition coefficient (Wildman–Crippen LogP) is 1.36. The van der Waals surface area contributed by atoms with Gasteiger partial charge in [-0.05, 0) is 6.07 Å². The Morgan fingerprint density at radius 3 is 3.00 bits per heavy atom. The molecular weight excluding hydrogens is 230 g/mol. The van der Waals surface area contributed by atoms with Crippen LogP contribution in [-0.4, -0.2) is 35.4 Å². The van der Waals surface area contributed by atoms with Crippen LogP contribution in [0.4, 0.5) is 10.7 Å². The van der Waals surface area contributed by atoms with Crippen LogP contribution >= 0.6 is 0 Å². The number of hydrazone groups is 1. The average Bonchev–Trinajstić information content (AvgIpc) is 2.77. The van der Waals surface area contributed by atoms with Crippen molar-refractivity contribution in [2.75, 3.05) is 13.2 Å². The van der Waals surface area contributed by atoms with E-state index in [1.807, 2.05) is 0 Å². The molecule has 0 atom stereocenters. The van der Waals surface area contributed by atoms with Gasteiger partial charge in [-0.15, -0.1) is 0 Å². The molecule has 1 aromatic heterocycles. The third-order valence-electron chi connectivity index (χ3n) is 2.07. The monoisotopic (exact) mass is 239 g/mol. The largest absolute Gasteiger partial charge is 0.448 e. The fraction of sp³-hybridized carbons (Fsp3) is 0.333. The minimum atomic E-state index is -0.646. The van der Waals surface area contributed by atoms with Crippen LogP contribution in [-0.2, 0) is 4.74 Å². The zero-order chi connectivity index (χ0) is 12.3. The Bertz CT molecular complexity index is 467. The standard InChI is InChI=1S/C9H9N3O5/c13-9-11(4-1-5-16-9)10-6-7-2-3-8(17-7)12(14)15/h2-3,6H,1,4-5H2/b10-6-. The van der Waals surface area contributed by atoms with Crippen molar-refractivity contribution in [3.8, 4) is 0 Å². The molecular formula is C9H9N3O5. The summed E-state index contributed by atoms with van der Waals surface area (Å²) in [5.74, 6) is -0.164. The number of hydrogen-bond acceptors (Lipinski definition) is 6. The molecule has 1 aliphatic heterocycles. The molecule has 0 saturated carbocycles. The minimum absolute atomic E-state index is 0.204. The van der Waals surface area contributed by atoms with Gasteiger partial charge in [0.1, 0.15) is 4.92 Å². The summed E-state index contributed by atoms with van der Waals surface area (Å²) < 4.78 is 9.60. The molecule has 8 nitrogen and oxygen atoms in total. The molecule has 0 aliphatic carbocycles. The number of nitrogens with zero attached hydrogens (tertiary/aromatic N) is 3. The Balaban J connectivity index is 2.03. The zero-order valence-electron chi connectivity index (χ0n) is 8.74. The normalized spacial score (nSPS) is 16.2. The molecule has 0 aromatic carbocycles. The van der Waals surface area contributed by atoms with Gasteiger partial charge in [0.15, 0.2) is 5.76 Å². The third-order valence-corrected chi connectivity index (χ3v) is 2.07. The van der Waals surface area contributed by atoms with Crippen molar-refractivity contribution in [1.29, 1.82) is 0 Å². The lowest BCUT2D eigenvalue weighted by Crippen LogP contribution is -2.33. The number of amides is 1. The number of hydrogen-bond donors (Lipinski definition) is 0. The first kappa shape index (κ1) is 11.1. The van der Waals surface area contributed by atoms with Crippen molar-refractivity contribution in [1.82, 2.24) is 5.01 Å². The summed E-state index contributed by atoms with van der Waals surface area (Å²) in [6.07, 6.45) is 1.40. The van der Waals surface area contributed by atoms with E-state index in [-0.39, 0.29) is 11.6 Å². The maximum atomic E-state index is 11.2. The Morgan fingerprint density at radius 2 is 2.35 bits per heavy atom. The second kappa shape index (κ2) is 4.64. The van der Waals surface area contributed by atoms with Crippen LogP contribution in [0.2, 0.25) is 0 Å². The van der Waals surface area contributed by atoms with Crippen LogP contribution in [0, 0.1) is 10.1 Å². The maximum absolute atomic E-state index is 11.2. The van der Waals surface area contributed by atoms with Gasteiger partial charge >= 0.3 is 12.0 Å². The zero-order valence-corrected chi connectivity index (χ0v) is 8.74. The number of nitro groups is 1. The van der Waals surface area contributed by atoms with Crippen molar-refractivity contribution in [3.63, 3.8) is 0 Å². The highest BCUT2D eigenvalue weighted by molar-refractivity contribution is 5.78. The number of cyclic esters (lactones) is 1. The highest BCUT2D eigenvalue weighted by Crippen LogP contribution is 2.14. The molecule has 17 heavy (non-hydrogen) atoms. The topological polar surface area (TPSA) is 98.2 Å². The van der Waals surface area contributed by atoms with Crippen LogP contribution in [0.1, 0.15) is 12.2 Å². The lowest BCUT2D eigenvalue weighted by Gasteiger charge is -2.20. The molecule has 0 spiro atoms. The Labute approximate surface area is 95.6 Å². The van der Waals surface area contributed by atoms with Crippen LogP contribution in [0.5, 0.6) is 0 Å². The molecule has 0 radical (unpaired) electrons. The van der Waals surface area contributed by atoms with Crippen LogP contribution in [0.15, 0.2) is 21.7 Å². The van der Waals surface area contributed by atoms with Gasteiger partial charge in [-0.3, -0.25) is 10.1 Å². The average molecular weight is 239 g/mol. The second-order valence-electron chi connectivity index (χ2n) is 3.27. The van der Waals surface area contributed by atoms with Crippen LogP contribution in [0.25, 0.3) is 0 Å². The summed E-state index contributed by atoms with van der Waals surface area (Å²) >= 11 is 0. The second-order valence-corrected chi connectivity index (χ2v) is 3.27. The first-order valence-corrected chi connectivity index (χ1v) is 4.89. The van der Waals surface area contributed by atoms with E-state index < -0.39 is 11.0 Å². The van der Waals surface area contributed by atoms with Gasteiger partial charge in [0.2, 0.25) is 0 Å².